The summed E-state index contributed by atoms with van der Waals surface area (Å²) >= 11 is 0. The Balaban J connectivity index is 2.68. The van der Waals surface area contributed by atoms with Crippen LogP contribution in [-0.4, -0.2) is 0 Å². The van der Waals surface area contributed by atoms with Crippen molar-refractivity contribution < 1.29 is 13.2 Å². The van der Waals surface area contributed by atoms with Crippen LogP contribution in [-0.2, 0) is 12.3 Å². The summed E-state index contributed by atoms with van der Waals surface area (Å²) in [5.74, 6) is -3.70. The van der Waals surface area contributed by atoms with E-state index in [2.05, 4.69) is 0 Å². The van der Waals surface area contributed by atoms with E-state index in [4.69, 9.17) is 0 Å². The SMILES string of the molecule is Cc1ccc2c(c1F)C(F)(F)CC2. The van der Waals surface area contributed by atoms with E-state index in [0.29, 0.717) is 11.1 Å². The summed E-state index contributed by atoms with van der Waals surface area (Å²) in [7, 11) is 0. The molecule has 0 saturated heterocycles. The van der Waals surface area contributed by atoms with Crippen LogP contribution in [0.4, 0.5) is 13.2 Å². The summed E-state index contributed by atoms with van der Waals surface area (Å²) in [6, 6.07) is 3.14. The van der Waals surface area contributed by atoms with Gasteiger partial charge in [-0.25, -0.2) is 13.2 Å². The van der Waals surface area contributed by atoms with Crippen molar-refractivity contribution in [2.45, 2.75) is 25.7 Å². The van der Waals surface area contributed by atoms with Crippen molar-refractivity contribution in [3.05, 3.63) is 34.6 Å². The number of hydrogen-bond donors (Lipinski definition) is 0. The number of rotatable bonds is 0. The van der Waals surface area contributed by atoms with E-state index >= 15 is 0 Å². The highest BCUT2D eigenvalue weighted by Gasteiger charge is 2.41. The Morgan fingerprint density at radius 1 is 1.31 bits per heavy atom. The van der Waals surface area contributed by atoms with Gasteiger partial charge in [0.25, 0.3) is 5.92 Å². The van der Waals surface area contributed by atoms with Crippen LogP contribution in [0.3, 0.4) is 0 Å². The number of hydrogen-bond acceptors (Lipinski definition) is 0. The fraction of sp³-hybridized carbons (Fsp3) is 0.400. The molecule has 13 heavy (non-hydrogen) atoms. The molecule has 3 heteroatoms. The standard InChI is InChI=1S/C10H9F3/c1-6-2-3-7-4-5-10(12,13)8(7)9(6)11/h2-3H,4-5H2,1H3. The molecule has 0 aromatic heterocycles. The van der Waals surface area contributed by atoms with Gasteiger partial charge in [0.15, 0.2) is 0 Å². The average molecular weight is 186 g/mol. The molecule has 0 bridgehead atoms. The van der Waals surface area contributed by atoms with Gasteiger partial charge in [-0.2, -0.15) is 0 Å². The first-order valence-corrected chi connectivity index (χ1v) is 4.18. The molecule has 0 nitrogen and oxygen atoms in total. The van der Waals surface area contributed by atoms with Gasteiger partial charge in [0, 0.05) is 6.42 Å². The maximum absolute atomic E-state index is 13.3. The summed E-state index contributed by atoms with van der Waals surface area (Å²) in [6.45, 7) is 1.50. The van der Waals surface area contributed by atoms with Gasteiger partial charge in [-0.1, -0.05) is 12.1 Å². The van der Waals surface area contributed by atoms with Gasteiger partial charge in [-0.3, -0.25) is 0 Å². The molecule has 0 aliphatic heterocycles. The number of fused-ring (bicyclic) bond motifs is 1. The number of aryl methyl sites for hydroxylation is 2. The highest BCUT2D eigenvalue weighted by molar-refractivity contribution is 5.40. The van der Waals surface area contributed by atoms with Crippen molar-refractivity contribution in [2.75, 3.05) is 0 Å². The van der Waals surface area contributed by atoms with Crippen LogP contribution in [0, 0.1) is 12.7 Å². The van der Waals surface area contributed by atoms with Gasteiger partial charge in [0.05, 0.1) is 5.56 Å². The first kappa shape index (κ1) is 8.60. The zero-order chi connectivity index (χ0) is 9.64. The van der Waals surface area contributed by atoms with Crippen LogP contribution in [0.2, 0.25) is 0 Å². The minimum atomic E-state index is -2.97. The third-order valence-electron chi connectivity index (χ3n) is 2.50. The summed E-state index contributed by atoms with van der Waals surface area (Å²) < 4.78 is 39.6. The maximum Gasteiger partial charge on any atom is 0.276 e. The third kappa shape index (κ3) is 1.14. The van der Waals surface area contributed by atoms with Gasteiger partial charge < -0.3 is 0 Å². The normalized spacial score (nSPS) is 18.8. The Bertz CT molecular complexity index is 355. The topological polar surface area (TPSA) is 0 Å². The predicted octanol–water partition coefficient (Wildman–Crippen LogP) is 3.17. The van der Waals surface area contributed by atoms with Gasteiger partial charge in [-0.05, 0) is 24.5 Å². The van der Waals surface area contributed by atoms with E-state index < -0.39 is 11.7 Å². The van der Waals surface area contributed by atoms with Crippen molar-refractivity contribution in [3.63, 3.8) is 0 Å². The monoisotopic (exact) mass is 186 g/mol. The second-order valence-corrected chi connectivity index (χ2v) is 3.44. The van der Waals surface area contributed by atoms with Gasteiger partial charge in [0.1, 0.15) is 5.82 Å². The lowest BCUT2D eigenvalue weighted by atomic mass is 10.0. The van der Waals surface area contributed by atoms with Gasteiger partial charge >= 0.3 is 0 Å². The number of benzene rings is 1. The Morgan fingerprint density at radius 2 is 2.00 bits per heavy atom. The third-order valence-corrected chi connectivity index (χ3v) is 2.50. The lowest BCUT2D eigenvalue weighted by molar-refractivity contribution is -0.00508. The maximum atomic E-state index is 13.3. The van der Waals surface area contributed by atoms with Crippen molar-refractivity contribution >= 4 is 0 Å². The Labute approximate surface area is 74.4 Å². The van der Waals surface area contributed by atoms with Crippen LogP contribution in [0.15, 0.2) is 12.1 Å². The van der Waals surface area contributed by atoms with Crippen molar-refractivity contribution in [1.82, 2.24) is 0 Å². The summed E-state index contributed by atoms with van der Waals surface area (Å²) in [5.41, 5.74) is 0.362. The van der Waals surface area contributed by atoms with Crippen molar-refractivity contribution in [3.8, 4) is 0 Å². The molecule has 0 spiro atoms. The molecule has 70 valence electrons. The molecule has 1 aromatic carbocycles. The minimum Gasteiger partial charge on any atom is -0.206 e. The second kappa shape index (κ2) is 2.50. The first-order valence-electron chi connectivity index (χ1n) is 4.18. The van der Waals surface area contributed by atoms with E-state index in [1.165, 1.54) is 6.92 Å². The van der Waals surface area contributed by atoms with Crippen LogP contribution >= 0.6 is 0 Å². The molecule has 1 aliphatic rings. The molecule has 0 radical (unpaired) electrons. The molecule has 0 unspecified atom stereocenters. The van der Waals surface area contributed by atoms with Crippen molar-refractivity contribution in [1.29, 1.82) is 0 Å². The van der Waals surface area contributed by atoms with Crippen LogP contribution < -0.4 is 0 Å². The van der Waals surface area contributed by atoms with E-state index in [1.807, 2.05) is 0 Å². The average Bonchev–Trinajstić information content (AvgIpc) is 2.35. The molecule has 0 amide bonds. The van der Waals surface area contributed by atoms with E-state index in [0.717, 1.165) is 0 Å². The number of alkyl halides is 2. The van der Waals surface area contributed by atoms with Crippen LogP contribution in [0.25, 0.3) is 0 Å². The van der Waals surface area contributed by atoms with E-state index in [9.17, 15) is 13.2 Å². The first-order chi connectivity index (χ1) is 6.02. The largest absolute Gasteiger partial charge is 0.276 e. The molecule has 1 aliphatic carbocycles. The molecule has 0 saturated carbocycles. The molecule has 0 N–H and O–H groups in total. The minimum absolute atomic E-state index is 0.261. The molecule has 0 heterocycles. The van der Waals surface area contributed by atoms with Gasteiger partial charge in [-0.15, -0.1) is 0 Å². The summed E-state index contributed by atoms with van der Waals surface area (Å²) in [6.07, 6.45) is 0.0161. The highest BCUT2D eigenvalue weighted by Crippen LogP contribution is 2.43. The van der Waals surface area contributed by atoms with E-state index in [1.54, 1.807) is 12.1 Å². The zero-order valence-corrected chi connectivity index (χ0v) is 7.20. The Kier molecular flexibility index (Phi) is 1.65. The van der Waals surface area contributed by atoms with Crippen LogP contribution in [0.5, 0.6) is 0 Å². The smallest absolute Gasteiger partial charge is 0.206 e. The zero-order valence-electron chi connectivity index (χ0n) is 7.20. The fourth-order valence-corrected chi connectivity index (χ4v) is 1.74. The number of halogens is 3. The predicted molar refractivity (Wildman–Crippen MR) is 43.4 cm³/mol. The molecular formula is C10H9F3. The van der Waals surface area contributed by atoms with Gasteiger partial charge in [0.2, 0.25) is 0 Å². The van der Waals surface area contributed by atoms with Crippen LogP contribution in [0.1, 0.15) is 23.1 Å². The van der Waals surface area contributed by atoms with E-state index in [-0.39, 0.29) is 18.4 Å². The second-order valence-electron chi connectivity index (χ2n) is 3.44. The Morgan fingerprint density at radius 3 is 2.69 bits per heavy atom. The quantitative estimate of drug-likeness (QED) is 0.583. The molecule has 1 aromatic rings. The molecular weight excluding hydrogens is 177 g/mol. The lowest BCUT2D eigenvalue weighted by Crippen LogP contribution is -2.10. The molecule has 2 rings (SSSR count). The summed E-state index contributed by atoms with van der Waals surface area (Å²) in [5, 5.41) is 0. The van der Waals surface area contributed by atoms with Crippen molar-refractivity contribution in [2.24, 2.45) is 0 Å². The fourth-order valence-electron chi connectivity index (χ4n) is 1.74. The Hall–Kier alpha value is -0.990. The lowest BCUT2D eigenvalue weighted by Gasteiger charge is -2.11. The highest BCUT2D eigenvalue weighted by atomic mass is 19.3. The summed E-state index contributed by atoms with van der Waals surface area (Å²) in [4.78, 5) is 0. The molecule has 0 atom stereocenters. The molecule has 0 fully saturated rings.